The number of nitro groups is 1. The number of amides is 1. The Morgan fingerprint density at radius 1 is 1.52 bits per heavy atom. The van der Waals surface area contributed by atoms with E-state index in [1.807, 2.05) is 0 Å². The van der Waals surface area contributed by atoms with E-state index in [0.717, 1.165) is 19.0 Å². The molecule has 114 valence electrons. The van der Waals surface area contributed by atoms with Crippen LogP contribution in [0, 0.1) is 16.0 Å². The van der Waals surface area contributed by atoms with Gasteiger partial charge in [0.05, 0.1) is 10.8 Å². The highest BCUT2D eigenvalue weighted by Gasteiger charge is 2.27. The Labute approximate surface area is 120 Å². The molecule has 0 spiro atoms. The molecule has 1 heterocycles. The van der Waals surface area contributed by atoms with Crippen molar-refractivity contribution < 1.29 is 19.6 Å². The molecule has 9 heteroatoms. The molecule has 0 aromatic carbocycles. The number of aromatic nitrogens is 2. The van der Waals surface area contributed by atoms with Gasteiger partial charge in [0.2, 0.25) is 5.91 Å². The molecular weight excluding hydrogens is 280 g/mol. The molecule has 2 unspecified atom stereocenters. The molecule has 21 heavy (non-hydrogen) atoms. The summed E-state index contributed by atoms with van der Waals surface area (Å²) in [6, 6.07) is -0.169. The second kappa shape index (κ2) is 6.33. The van der Waals surface area contributed by atoms with E-state index in [9.17, 15) is 19.7 Å². The predicted octanol–water partition coefficient (Wildman–Crippen LogP) is 0.551. The summed E-state index contributed by atoms with van der Waals surface area (Å²) in [4.78, 5) is 32.7. The first-order valence-electron chi connectivity index (χ1n) is 6.64. The Balaban J connectivity index is 1.86. The van der Waals surface area contributed by atoms with Crippen LogP contribution in [-0.2, 0) is 16.1 Å². The molecule has 2 atom stereocenters. The first-order valence-corrected chi connectivity index (χ1v) is 6.64. The van der Waals surface area contributed by atoms with Gasteiger partial charge >= 0.3 is 11.7 Å². The standard InChI is InChI=1S/C12H16N4O5/c17-11(7-15-6-10(5-13-15)16(20)21)14-9-3-1-2-8(4-9)12(18)19/h5-6,8-9H,1-4,7H2,(H,14,17)(H,18,19). The zero-order valence-electron chi connectivity index (χ0n) is 11.3. The Hall–Kier alpha value is -2.45. The molecule has 0 saturated heterocycles. The van der Waals surface area contributed by atoms with Gasteiger partial charge in [-0.2, -0.15) is 5.10 Å². The van der Waals surface area contributed by atoms with Crippen LogP contribution in [0.4, 0.5) is 5.69 Å². The van der Waals surface area contributed by atoms with Gasteiger partial charge in [-0.05, 0) is 19.3 Å². The molecule has 1 aromatic rings. The quantitative estimate of drug-likeness (QED) is 0.603. The minimum atomic E-state index is -0.836. The summed E-state index contributed by atoms with van der Waals surface area (Å²) in [5, 5.41) is 26.0. The Kier molecular flexibility index (Phi) is 4.51. The van der Waals surface area contributed by atoms with Gasteiger partial charge in [0.1, 0.15) is 18.9 Å². The summed E-state index contributed by atoms with van der Waals surface area (Å²) in [5.41, 5.74) is -0.175. The van der Waals surface area contributed by atoms with E-state index in [1.165, 1.54) is 10.9 Å². The van der Waals surface area contributed by atoms with Gasteiger partial charge < -0.3 is 10.4 Å². The third kappa shape index (κ3) is 4.01. The van der Waals surface area contributed by atoms with Crippen molar-refractivity contribution in [2.75, 3.05) is 0 Å². The number of carboxylic acids is 1. The molecule has 1 aromatic heterocycles. The molecule has 2 N–H and O–H groups in total. The molecular formula is C12H16N4O5. The van der Waals surface area contributed by atoms with Gasteiger partial charge in [0.15, 0.2) is 0 Å². The molecule has 1 amide bonds. The van der Waals surface area contributed by atoms with Crippen molar-refractivity contribution in [3.63, 3.8) is 0 Å². The number of hydrogen-bond acceptors (Lipinski definition) is 5. The van der Waals surface area contributed by atoms with Crippen LogP contribution in [0.2, 0.25) is 0 Å². The number of rotatable bonds is 5. The molecule has 1 aliphatic rings. The van der Waals surface area contributed by atoms with Crippen LogP contribution in [0.1, 0.15) is 25.7 Å². The monoisotopic (exact) mass is 296 g/mol. The van der Waals surface area contributed by atoms with Crippen molar-refractivity contribution in [2.24, 2.45) is 5.92 Å². The molecule has 0 bridgehead atoms. The van der Waals surface area contributed by atoms with E-state index < -0.39 is 16.8 Å². The third-order valence-electron chi connectivity index (χ3n) is 3.52. The van der Waals surface area contributed by atoms with Crippen LogP contribution in [0.25, 0.3) is 0 Å². The van der Waals surface area contributed by atoms with E-state index in [-0.39, 0.29) is 24.2 Å². The Morgan fingerprint density at radius 2 is 2.29 bits per heavy atom. The summed E-state index contributed by atoms with van der Waals surface area (Å²) >= 11 is 0. The maximum absolute atomic E-state index is 11.8. The van der Waals surface area contributed by atoms with Crippen LogP contribution in [-0.4, -0.2) is 37.7 Å². The second-order valence-corrected chi connectivity index (χ2v) is 5.12. The van der Waals surface area contributed by atoms with Gasteiger partial charge in [0, 0.05) is 6.04 Å². The lowest BCUT2D eigenvalue weighted by atomic mass is 9.86. The summed E-state index contributed by atoms with van der Waals surface area (Å²) in [7, 11) is 0. The normalized spacial score (nSPS) is 21.7. The number of carbonyl (C=O) groups is 2. The van der Waals surface area contributed by atoms with Crippen LogP contribution in [0.5, 0.6) is 0 Å². The maximum Gasteiger partial charge on any atom is 0.307 e. The van der Waals surface area contributed by atoms with Crippen LogP contribution < -0.4 is 5.32 Å². The zero-order chi connectivity index (χ0) is 15.4. The van der Waals surface area contributed by atoms with E-state index >= 15 is 0 Å². The van der Waals surface area contributed by atoms with Crippen molar-refractivity contribution in [3.05, 3.63) is 22.5 Å². The van der Waals surface area contributed by atoms with Gasteiger partial charge in [-0.3, -0.25) is 24.4 Å². The second-order valence-electron chi connectivity index (χ2n) is 5.12. The van der Waals surface area contributed by atoms with E-state index in [4.69, 9.17) is 5.11 Å². The lowest BCUT2D eigenvalue weighted by molar-refractivity contribution is -0.385. The van der Waals surface area contributed by atoms with Crippen LogP contribution in [0.3, 0.4) is 0 Å². The van der Waals surface area contributed by atoms with E-state index in [1.54, 1.807) is 0 Å². The van der Waals surface area contributed by atoms with E-state index in [0.29, 0.717) is 12.8 Å². The van der Waals surface area contributed by atoms with Gasteiger partial charge in [-0.25, -0.2) is 0 Å². The number of carboxylic acid groups (broad SMARTS) is 1. The lowest BCUT2D eigenvalue weighted by Crippen LogP contribution is -2.41. The first-order chi connectivity index (χ1) is 9.95. The largest absolute Gasteiger partial charge is 0.481 e. The topological polar surface area (TPSA) is 127 Å². The highest BCUT2D eigenvalue weighted by molar-refractivity contribution is 5.76. The van der Waals surface area contributed by atoms with Gasteiger partial charge in [-0.15, -0.1) is 0 Å². The first kappa shape index (κ1) is 14.9. The van der Waals surface area contributed by atoms with Crippen molar-refractivity contribution in [3.8, 4) is 0 Å². The molecule has 2 rings (SSSR count). The smallest absolute Gasteiger partial charge is 0.307 e. The minimum Gasteiger partial charge on any atom is -0.481 e. The highest BCUT2D eigenvalue weighted by atomic mass is 16.6. The third-order valence-corrected chi connectivity index (χ3v) is 3.52. The zero-order valence-corrected chi connectivity index (χ0v) is 11.3. The van der Waals surface area contributed by atoms with Crippen molar-refractivity contribution in [1.82, 2.24) is 15.1 Å². The summed E-state index contributed by atoms with van der Waals surface area (Å²) in [6.07, 6.45) is 4.81. The average molecular weight is 296 g/mol. The van der Waals surface area contributed by atoms with Crippen molar-refractivity contribution >= 4 is 17.6 Å². The number of hydrogen-bond donors (Lipinski definition) is 2. The number of nitrogens with zero attached hydrogens (tertiary/aromatic N) is 3. The van der Waals surface area contributed by atoms with Gasteiger partial charge in [-0.1, -0.05) is 6.42 Å². The van der Waals surface area contributed by atoms with Crippen molar-refractivity contribution in [1.29, 1.82) is 0 Å². The summed E-state index contributed by atoms with van der Waals surface area (Å²) in [5.74, 6) is -1.59. The van der Waals surface area contributed by atoms with Gasteiger partial charge in [0.25, 0.3) is 0 Å². The van der Waals surface area contributed by atoms with Crippen molar-refractivity contribution in [2.45, 2.75) is 38.3 Å². The highest BCUT2D eigenvalue weighted by Crippen LogP contribution is 2.24. The molecule has 1 fully saturated rings. The number of carbonyl (C=O) groups excluding carboxylic acids is 1. The lowest BCUT2D eigenvalue weighted by Gasteiger charge is -2.27. The molecule has 0 radical (unpaired) electrons. The average Bonchev–Trinajstić information content (AvgIpc) is 2.87. The predicted molar refractivity (Wildman–Crippen MR) is 70.4 cm³/mol. The number of aliphatic carboxylic acids is 1. The molecule has 9 nitrogen and oxygen atoms in total. The fraction of sp³-hybridized carbons (Fsp3) is 0.583. The molecule has 1 aliphatic carbocycles. The Bertz CT molecular complexity index is 556. The summed E-state index contributed by atoms with van der Waals surface area (Å²) < 4.78 is 1.19. The van der Waals surface area contributed by atoms with Crippen LogP contribution >= 0.6 is 0 Å². The SMILES string of the molecule is O=C(Cn1cc([N+](=O)[O-])cn1)NC1CCCC(C(=O)O)C1. The van der Waals surface area contributed by atoms with Crippen LogP contribution in [0.15, 0.2) is 12.4 Å². The van der Waals surface area contributed by atoms with E-state index in [2.05, 4.69) is 10.4 Å². The minimum absolute atomic E-state index is 0.123. The Morgan fingerprint density at radius 3 is 2.90 bits per heavy atom. The molecule has 1 saturated carbocycles. The maximum atomic E-state index is 11.8. The number of nitrogens with one attached hydrogen (secondary N) is 1. The fourth-order valence-electron chi connectivity index (χ4n) is 2.50. The fourth-order valence-corrected chi connectivity index (χ4v) is 2.50. The molecule has 0 aliphatic heterocycles. The summed E-state index contributed by atoms with van der Waals surface area (Å²) in [6.45, 7) is -0.123.